The van der Waals surface area contributed by atoms with Crippen molar-refractivity contribution in [1.82, 2.24) is 9.80 Å². The molecule has 1 unspecified atom stereocenters. The van der Waals surface area contributed by atoms with Crippen molar-refractivity contribution >= 4 is 11.9 Å². The third kappa shape index (κ3) is 2.69. The Balaban J connectivity index is 1.67. The largest absolute Gasteiger partial charge is 0.419 e. The summed E-state index contributed by atoms with van der Waals surface area (Å²) in [5.74, 6) is 2.03. The molecule has 0 aromatic carbocycles. The summed E-state index contributed by atoms with van der Waals surface area (Å²) < 4.78 is 0. The van der Waals surface area contributed by atoms with Crippen LogP contribution in [0, 0.1) is 28.1 Å². The van der Waals surface area contributed by atoms with Gasteiger partial charge in [-0.3, -0.25) is 10.2 Å². The highest BCUT2D eigenvalue weighted by atomic mass is 16.3. The second-order valence-corrected chi connectivity index (χ2v) is 9.15. The van der Waals surface area contributed by atoms with Gasteiger partial charge in [-0.2, -0.15) is 10.3 Å². The van der Waals surface area contributed by atoms with E-state index < -0.39 is 6.23 Å². The first-order valence-electron chi connectivity index (χ1n) is 10.2. The molecule has 146 valence electrons. The first-order chi connectivity index (χ1) is 12.8. The predicted octanol–water partition coefficient (Wildman–Crippen LogP) is 1.46. The van der Waals surface area contributed by atoms with Crippen molar-refractivity contribution in [1.29, 1.82) is 5.26 Å². The minimum atomic E-state index is -0.683. The number of aliphatic imine (C=N–C) groups is 1. The molecule has 2 amide bonds. The van der Waals surface area contributed by atoms with Gasteiger partial charge < -0.3 is 5.11 Å². The Labute approximate surface area is 160 Å². The first-order valence-corrected chi connectivity index (χ1v) is 10.2. The molecular formula is C20H31N5O2+2. The smallest absolute Gasteiger partial charge is 0.332 e. The predicted molar refractivity (Wildman–Crippen MR) is 101 cm³/mol. The normalized spacial score (nSPS) is 35.2. The molecule has 2 heterocycles. The van der Waals surface area contributed by atoms with E-state index >= 15 is 0 Å². The van der Waals surface area contributed by atoms with E-state index in [1.54, 1.807) is 9.80 Å². The van der Waals surface area contributed by atoms with Gasteiger partial charge in [0.25, 0.3) is 5.70 Å². The van der Waals surface area contributed by atoms with Crippen LogP contribution < -0.4 is 5.32 Å². The molecule has 4 N–H and O–H groups in total. The lowest BCUT2D eigenvalue weighted by atomic mass is 9.82. The second-order valence-electron chi connectivity index (χ2n) is 9.15. The van der Waals surface area contributed by atoms with Crippen molar-refractivity contribution in [2.24, 2.45) is 21.7 Å². The summed E-state index contributed by atoms with van der Waals surface area (Å²) in [6.07, 6.45) is 4.92. The van der Waals surface area contributed by atoms with Crippen molar-refractivity contribution in [3.8, 4) is 6.07 Å². The molecule has 2 aliphatic heterocycles. The van der Waals surface area contributed by atoms with Crippen LogP contribution in [0.4, 0.5) is 4.79 Å². The zero-order valence-electron chi connectivity index (χ0n) is 16.6. The Morgan fingerprint density at radius 1 is 1.37 bits per heavy atom. The van der Waals surface area contributed by atoms with Crippen molar-refractivity contribution in [3.05, 3.63) is 11.5 Å². The lowest BCUT2D eigenvalue weighted by molar-refractivity contribution is -0.503. The number of urea groups is 1. The molecule has 2 aliphatic carbocycles. The van der Waals surface area contributed by atoms with E-state index in [2.05, 4.69) is 25.2 Å². The molecule has 2 bridgehead atoms. The molecule has 27 heavy (non-hydrogen) atoms. The van der Waals surface area contributed by atoms with Crippen LogP contribution in [0.1, 0.15) is 59.3 Å². The maximum atomic E-state index is 13.1. The van der Waals surface area contributed by atoms with Crippen molar-refractivity contribution in [3.63, 3.8) is 0 Å². The molecular weight excluding hydrogens is 342 g/mol. The molecule has 2 fully saturated rings. The Hall–Kier alpha value is -1.91. The summed E-state index contributed by atoms with van der Waals surface area (Å²) in [6.45, 7) is 7.44. The van der Waals surface area contributed by atoms with Crippen molar-refractivity contribution in [2.75, 3.05) is 13.1 Å². The van der Waals surface area contributed by atoms with Gasteiger partial charge in [0, 0.05) is 13.1 Å². The van der Waals surface area contributed by atoms with Gasteiger partial charge in [0.15, 0.2) is 0 Å². The highest BCUT2D eigenvalue weighted by Crippen LogP contribution is 2.61. The van der Waals surface area contributed by atoms with Crippen LogP contribution in [0.3, 0.4) is 0 Å². The van der Waals surface area contributed by atoms with Crippen LogP contribution in [-0.2, 0) is 0 Å². The number of nitrogens with two attached hydrogens (primary N) is 1. The van der Waals surface area contributed by atoms with E-state index in [1.807, 2.05) is 6.92 Å². The lowest BCUT2D eigenvalue weighted by Crippen LogP contribution is -2.90. The van der Waals surface area contributed by atoms with Crippen molar-refractivity contribution in [2.45, 2.75) is 65.5 Å². The fourth-order valence-electron chi connectivity index (χ4n) is 5.34. The minimum absolute atomic E-state index is 0.0328. The number of fused-ring (bicyclic) bond motifs is 2. The van der Waals surface area contributed by atoms with E-state index in [9.17, 15) is 10.1 Å². The van der Waals surface area contributed by atoms with Crippen LogP contribution in [0.2, 0.25) is 0 Å². The monoisotopic (exact) mass is 373 g/mol. The van der Waals surface area contributed by atoms with Gasteiger partial charge in [-0.1, -0.05) is 20.8 Å². The standard InChI is InChI=1S/C20H29N5O2/c1-4-9-24-16(26)14-15(25(18(24)27)10-13(2)3)23-17(22-14)20-7-5-19(11-20,12-21)6-8-20/h13,16,26H,4-11H2,1-3H3,(H,22,23)/p+2. The number of carbonyl (C=O) groups is 1. The fraction of sp³-hybridized carbons (Fsp3) is 0.750. The Bertz CT molecular complexity index is 755. The topological polar surface area (TPSA) is 99.2 Å². The van der Waals surface area contributed by atoms with E-state index in [-0.39, 0.29) is 16.9 Å². The zero-order valence-corrected chi connectivity index (χ0v) is 16.6. The van der Waals surface area contributed by atoms with Crippen LogP contribution >= 0.6 is 0 Å². The SMILES string of the molecule is CCCN1C(=O)N(CC(C)C)C2=C([NH2+]C(C34CCC(C#N)(CC3)C4)=N2)C1[OH2+]. The molecule has 4 aliphatic rings. The van der Waals surface area contributed by atoms with Gasteiger partial charge in [0.1, 0.15) is 0 Å². The van der Waals surface area contributed by atoms with E-state index in [1.165, 1.54) is 0 Å². The minimum Gasteiger partial charge on any atom is -0.419 e. The average Bonchev–Trinajstić information content (AvgIpc) is 3.34. The second kappa shape index (κ2) is 6.32. The van der Waals surface area contributed by atoms with E-state index in [0.717, 1.165) is 50.1 Å². The number of amides is 2. The number of quaternary nitrogens is 1. The first kappa shape index (κ1) is 18.5. The molecule has 7 nitrogen and oxygen atoms in total. The third-order valence-corrected chi connectivity index (χ3v) is 6.75. The number of amidine groups is 1. The molecule has 0 spiro atoms. The summed E-state index contributed by atoms with van der Waals surface area (Å²) in [5, 5.41) is 20.4. The van der Waals surface area contributed by atoms with Gasteiger partial charge in [0.05, 0.1) is 16.9 Å². The molecule has 1 atom stereocenters. The molecule has 7 heteroatoms. The highest BCUT2D eigenvalue weighted by molar-refractivity contribution is 5.87. The Kier molecular flexibility index (Phi) is 4.32. The number of nitrogens with zero attached hydrogens (tertiary/aromatic N) is 4. The maximum Gasteiger partial charge on any atom is 0.332 e. The van der Waals surface area contributed by atoms with Crippen molar-refractivity contribution < 1.29 is 15.2 Å². The van der Waals surface area contributed by atoms with Gasteiger partial charge in [-0.25, -0.2) is 9.69 Å². The molecule has 0 aromatic heterocycles. The summed E-state index contributed by atoms with van der Waals surface area (Å²) in [5.41, 5.74) is 0.644. The number of nitriles is 1. The average molecular weight is 374 g/mol. The van der Waals surface area contributed by atoms with Crippen LogP contribution in [0.15, 0.2) is 16.5 Å². The van der Waals surface area contributed by atoms with Crippen LogP contribution in [0.5, 0.6) is 0 Å². The van der Waals surface area contributed by atoms with Crippen LogP contribution in [0.25, 0.3) is 0 Å². The molecule has 2 saturated carbocycles. The summed E-state index contributed by atoms with van der Waals surface area (Å²) in [6, 6.07) is 2.47. The maximum absolute atomic E-state index is 13.1. The van der Waals surface area contributed by atoms with Gasteiger partial charge in [-0.05, 0) is 44.4 Å². The highest BCUT2D eigenvalue weighted by Gasteiger charge is 2.61. The zero-order chi connectivity index (χ0) is 19.4. The molecule has 0 aromatic rings. The van der Waals surface area contributed by atoms with Gasteiger partial charge >= 0.3 is 12.3 Å². The third-order valence-electron chi connectivity index (χ3n) is 6.75. The summed E-state index contributed by atoms with van der Waals surface area (Å²) in [7, 11) is 0. The molecule has 0 radical (unpaired) electrons. The lowest BCUT2D eigenvalue weighted by Gasteiger charge is -2.35. The van der Waals surface area contributed by atoms with E-state index in [0.29, 0.717) is 24.8 Å². The number of carbonyl (C=O) groups excluding carboxylic acids is 1. The fourth-order valence-corrected chi connectivity index (χ4v) is 5.34. The Morgan fingerprint density at radius 3 is 2.63 bits per heavy atom. The Morgan fingerprint density at radius 2 is 2.07 bits per heavy atom. The van der Waals surface area contributed by atoms with E-state index in [4.69, 9.17) is 10.1 Å². The molecule has 4 rings (SSSR count). The van der Waals surface area contributed by atoms with Gasteiger partial charge in [0.2, 0.25) is 11.7 Å². The summed E-state index contributed by atoms with van der Waals surface area (Å²) >= 11 is 0. The van der Waals surface area contributed by atoms with Crippen LogP contribution in [-0.4, -0.2) is 46.1 Å². The number of hydrogen-bond acceptors (Lipinski definition) is 3. The number of rotatable bonds is 5. The van der Waals surface area contributed by atoms with Gasteiger partial charge in [-0.15, -0.1) is 0 Å². The quantitative estimate of drug-likeness (QED) is 0.738. The summed E-state index contributed by atoms with van der Waals surface area (Å²) in [4.78, 5) is 21.4. The number of hydrogen-bond donors (Lipinski definition) is 1. The molecule has 0 saturated heterocycles.